The molecule has 0 spiro atoms. The van der Waals surface area contributed by atoms with Crippen LogP contribution in [0.25, 0.3) is 0 Å². The Morgan fingerprint density at radius 3 is 2.86 bits per heavy atom. The van der Waals surface area contributed by atoms with E-state index in [4.69, 9.17) is 16.0 Å². The van der Waals surface area contributed by atoms with Gasteiger partial charge in [0.2, 0.25) is 5.91 Å². The number of carbonyl (C=O) groups is 1. The molecule has 0 saturated heterocycles. The van der Waals surface area contributed by atoms with Gasteiger partial charge in [-0.2, -0.15) is 0 Å². The molecule has 0 fully saturated rings. The fraction of sp³-hybridized carbons (Fsp3) is 0.312. The number of furan rings is 1. The Bertz CT molecular complexity index is 584. The van der Waals surface area contributed by atoms with Gasteiger partial charge in [-0.15, -0.1) is 0 Å². The highest BCUT2D eigenvalue weighted by Crippen LogP contribution is 2.21. The second-order valence-corrected chi connectivity index (χ2v) is 5.44. The number of hydrogen-bond donors (Lipinski definition) is 1. The van der Waals surface area contributed by atoms with E-state index in [-0.39, 0.29) is 11.9 Å². The summed E-state index contributed by atoms with van der Waals surface area (Å²) in [4.78, 5) is 13.9. The molecule has 0 aliphatic carbocycles. The predicted octanol–water partition coefficient (Wildman–Crippen LogP) is 3.24. The van der Waals surface area contributed by atoms with Gasteiger partial charge in [-0.05, 0) is 43.8 Å². The summed E-state index contributed by atoms with van der Waals surface area (Å²) in [7, 11) is 1.91. The zero-order valence-electron chi connectivity index (χ0n) is 12.2. The Morgan fingerprint density at radius 1 is 1.38 bits per heavy atom. The average Bonchev–Trinajstić information content (AvgIpc) is 2.97. The Kier molecular flexibility index (Phi) is 5.42. The van der Waals surface area contributed by atoms with Gasteiger partial charge in [0.05, 0.1) is 19.4 Å². The molecular formula is C16H19ClN2O2. The highest BCUT2D eigenvalue weighted by molar-refractivity contribution is 6.30. The zero-order valence-corrected chi connectivity index (χ0v) is 12.9. The van der Waals surface area contributed by atoms with Crippen LogP contribution in [0.4, 0.5) is 0 Å². The van der Waals surface area contributed by atoms with Gasteiger partial charge in [0.15, 0.2) is 0 Å². The number of rotatable bonds is 6. The summed E-state index contributed by atoms with van der Waals surface area (Å²) < 4.78 is 5.18. The second-order valence-electron chi connectivity index (χ2n) is 5.00. The first-order valence-corrected chi connectivity index (χ1v) is 7.19. The van der Waals surface area contributed by atoms with Crippen LogP contribution in [0, 0.1) is 0 Å². The molecular weight excluding hydrogens is 288 g/mol. The normalized spacial score (nSPS) is 12.4. The zero-order chi connectivity index (χ0) is 15.2. The molecule has 1 aromatic carbocycles. The van der Waals surface area contributed by atoms with E-state index in [1.54, 1.807) is 12.3 Å². The molecule has 0 saturated carbocycles. The van der Waals surface area contributed by atoms with Crippen LogP contribution in [0.15, 0.2) is 47.1 Å². The number of hydrogen-bond acceptors (Lipinski definition) is 3. The van der Waals surface area contributed by atoms with Crippen molar-refractivity contribution in [3.8, 4) is 0 Å². The summed E-state index contributed by atoms with van der Waals surface area (Å²) in [5, 5.41) is 3.54. The molecule has 112 valence electrons. The van der Waals surface area contributed by atoms with Crippen molar-refractivity contribution in [2.45, 2.75) is 19.5 Å². The van der Waals surface area contributed by atoms with E-state index in [0.29, 0.717) is 18.1 Å². The maximum atomic E-state index is 11.9. The maximum absolute atomic E-state index is 11.9. The van der Waals surface area contributed by atoms with Crippen LogP contribution in [0.2, 0.25) is 5.02 Å². The second kappa shape index (κ2) is 7.29. The Hall–Kier alpha value is -1.78. The molecule has 0 unspecified atom stereocenters. The SMILES string of the molecule is C[C@@H](c1cccc(Cl)c1)N(C)CC(=O)NCc1ccco1. The number of benzene rings is 1. The van der Waals surface area contributed by atoms with Crippen molar-refractivity contribution in [2.75, 3.05) is 13.6 Å². The van der Waals surface area contributed by atoms with Gasteiger partial charge < -0.3 is 9.73 Å². The molecule has 2 aromatic rings. The van der Waals surface area contributed by atoms with Crippen molar-refractivity contribution in [1.29, 1.82) is 0 Å². The Balaban J connectivity index is 1.85. The van der Waals surface area contributed by atoms with Gasteiger partial charge in [0, 0.05) is 11.1 Å². The van der Waals surface area contributed by atoms with Gasteiger partial charge in [-0.3, -0.25) is 9.69 Å². The minimum absolute atomic E-state index is 0.0391. The van der Waals surface area contributed by atoms with Gasteiger partial charge in [0.25, 0.3) is 0 Å². The van der Waals surface area contributed by atoms with Gasteiger partial charge in [-0.1, -0.05) is 23.7 Å². The molecule has 0 aliphatic rings. The largest absolute Gasteiger partial charge is 0.467 e. The molecule has 1 atom stereocenters. The lowest BCUT2D eigenvalue weighted by Gasteiger charge is -2.24. The number of halogens is 1. The first kappa shape index (κ1) is 15.6. The first-order valence-electron chi connectivity index (χ1n) is 6.81. The van der Waals surface area contributed by atoms with Crippen molar-refractivity contribution in [3.05, 3.63) is 59.0 Å². The fourth-order valence-electron chi connectivity index (χ4n) is 2.04. The lowest BCUT2D eigenvalue weighted by Crippen LogP contribution is -2.36. The topological polar surface area (TPSA) is 45.5 Å². The quantitative estimate of drug-likeness (QED) is 0.891. The predicted molar refractivity (Wildman–Crippen MR) is 83.1 cm³/mol. The number of likely N-dealkylation sites (N-methyl/N-ethyl adjacent to an activating group) is 1. The third-order valence-electron chi connectivity index (χ3n) is 3.43. The summed E-state index contributed by atoms with van der Waals surface area (Å²) in [6.07, 6.45) is 1.59. The number of nitrogens with zero attached hydrogens (tertiary/aromatic N) is 1. The van der Waals surface area contributed by atoms with Gasteiger partial charge >= 0.3 is 0 Å². The summed E-state index contributed by atoms with van der Waals surface area (Å²) >= 11 is 6.00. The minimum Gasteiger partial charge on any atom is -0.467 e. The standard InChI is InChI=1S/C16H19ClN2O2/c1-12(13-5-3-6-14(17)9-13)19(2)11-16(20)18-10-15-7-4-8-21-15/h3-9,12H,10-11H2,1-2H3,(H,18,20)/t12-/m0/s1. The maximum Gasteiger partial charge on any atom is 0.234 e. The molecule has 0 radical (unpaired) electrons. The van der Waals surface area contributed by atoms with Crippen LogP contribution < -0.4 is 5.32 Å². The van der Waals surface area contributed by atoms with Crippen LogP contribution in [-0.2, 0) is 11.3 Å². The number of nitrogens with one attached hydrogen (secondary N) is 1. The molecule has 21 heavy (non-hydrogen) atoms. The highest BCUT2D eigenvalue weighted by Gasteiger charge is 2.15. The average molecular weight is 307 g/mol. The lowest BCUT2D eigenvalue weighted by atomic mass is 10.1. The van der Waals surface area contributed by atoms with Crippen molar-refractivity contribution < 1.29 is 9.21 Å². The molecule has 0 aliphatic heterocycles. The highest BCUT2D eigenvalue weighted by atomic mass is 35.5. The third-order valence-corrected chi connectivity index (χ3v) is 3.66. The van der Waals surface area contributed by atoms with Crippen LogP contribution in [0.1, 0.15) is 24.3 Å². The molecule has 2 rings (SSSR count). The van der Waals surface area contributed by atoms with Crippen LogP contribution in [-0.4, -0.2) is 24.4 Å². The molecule has 0 bridgehead atoms. The van der Waals surface area contributed by atoms with E-state index < -0.39 is 0 Å². The van der Waals surface area contributed by atoms with Gasteiger partial charge in [-0.25, -0.2) is 0 Å². The summed E-state index contributed by atoms with van der Waals surface area (Å²) in [5.74, 6) is 0.705. The van der Waals surface area contributed by atoms with E-state index in [2.05, 4.69) is 5.32 Å². The van der Waals surface area contributed by atoms with Crippen LogP contribution in [0.5, 0.6) is 0 Å². The summed E-state index contributed by atoms with van der Waals surface area (Å²) in [5.41, 5.74) is 1.09. The monoisotopic (exact) mass is 306 g/mol. The van der Waals surface area contributed by atoms with Crippen molar-refractivity contribution >= 4 is 17.5 Å². The van der Waals surface area contributed by atoms with Crippen molar-refractivity contribution in [2.24, 2.45) is 0 Å². The van der Waals surface area contributed by atoms with Crippen LogP contribution >= 0.6 is 11.6 Å². The van der Waals surface area contributed by atoms with E-state index in [9.17, 15) is 4.79 Å². The van der Waals surface area contributed by atoms with E-state index in [0.717, 1.165) is 11.3 Å². The molecule has 1 aromatic heterocycles. The Morgan fingerprint density at radius 2 is 2.19 bits per heavy atom. The Labute approximate surface area is 129 Å². The minimum atomic E-state index is -0.0391. The molecule has 1 amide bonds. The summed E-state index contributed by atoms with van der Waals surface area (Å²) in [6, 6.07) is 11.4. The van der Waals surface area contributed by atoms with Crippen molar-refractivity contribution in [1.82, 2.24) is 10.2 Å². The van der Waals surface area contributed by atoms with E-state index in [1.165, 1.54) is 0 Å². The molecule has 1 heterocycles. The molecule has 4 nitrogen and oxygen atoms in total. The van der Waals surface area contributed by atoms with Gasteiger partial charge in [0.1, 0.15) is 5.76 Å². The third kappa shape index (κ3) is 4.62. The van der Waals surface area contributed by atoms with Crippen LogP contribution in [0.3, 0.4) is 0 Å². The fourth-order valence-corrected chi connectivity index (χ4v) is 2.24. The molecule has 1 N–H and O–H groups in total. The lowest BCUT2D eigenvalue weighted by molar-refractivity contribution is -0.122. The number of carbonyl (C=O) groups excluding carboxylic acids is 1. The number of amides is 1. The van der Waals surface area contributed by atoms with E-state index >= 15 is 0 Å². The first-order chi connectivity index (χ1) is 10.1. The van der Waals surface area contributed by atoms with Crippen molar-refractivity contribution in [3.63, 3.8) is 0 Å². The smallest absolute Gasteiger partial charge is 0.234 e. The van der Waals surface area contributed by atoms with E-state index in [1.807, 2.05) is 49.2 Å². The molecule has 5 heteroatoms. The summed E-state index contributed by atoms with van der Waals surface area (Å²) in [6.45, 7) is 2.77.